The summed E-state index contributed by atoms with van der Waals surface area (Å²) in [6, 6.07) is 18.3. The highest BCUT2D eigenvalue weighted by molar-refractivity contribution is 7.89. The number of carbonyl (C=O) groups excluding carboxylic acids is 1. The van der Waals surface area contributed by atoms with E-state index in [1.807, 2.05) is 37.3 Å². The van der Waals surface area contributed by atoms with E-state index in [4.69, 9.17) is 27.9 Å². The van der Waals surface area contributed by atoms with Crippen molar-refractivity contribution in [1.29, 1.82) is 0 Å². The molecule has 0 aliphatic rings. The van der Waals surface area contributed by atoms with Gasteiger partial charge in [0, 0.05) is 11.1 Å². The molecule has 3 aromatic rings. The molecule has 174 valence electrons. The van der Waals surface area contributed by atoms with E-state index in [0.717, 1.165) is 12.0 Å². The van der Waals surface area contributed by atoms with E-state index in [1.54, 1.807) is 6.07 Å². The van der Waals surface area contributed by atoms with E-state index in [9.17, 15) is 13.2 Å². The van der Waals surface area contributed by atoms with Crippen LogP contribution in [0.4, 0.5) is 5.69 Å². The molecule has 0 bridgehead atoms. The molecule has 0 aliphatic heterocycles. The lowest BCUT2D eigenvalue weighted by Gasteiger charge is -2.16. The van der Waals surface area contributed by atoms with Gasteiger partial charge in [-0.1, -0.05) is 53.5 Å². The standard InChI is InChI=1S/C24H24Cl2N2O4S/c1-16(8-9-17-6-4-3-5-7-17)28-33(30,31)19-11-13-23(32-2)22(15-19)27-24(29)20-12-10-18(25)14-21(20)26/h3-7,10-16,28H,8-9H2,1-2H3,(H,27,29)/t16-/m0/s1. The molecule has 3 aromatic carbocycles. The molecule has 0 aliphatic carbocycles. The number of hydrogen-bond acceptors (Lipinski definition) is 4. The number of benzene rings is 3. The number of nitrogens with one attached hydrogen (secondary N) is 2. The minimum Gasteiger partial charge on any atom is -0.495 e. The molecule has 3 rings (SSSR count). The molecule has 6 nitrogen and oxygen atoms in total. The number of ether oxygens (including phenoxy) is 1. The van der Waals surface area contributed by atoms with E-state index >= 15 is 0 Å². The van der Waals surface area contributed by atoms with Crippen LogP contribution in [0.15, 0.2) is 71.6 Å². The Kier molecular flexibility index (Phi) is 8.37. The average Bonchev–Trinajstić information content (AvgIpc) is 2.78. The summed E-state index contributed by atoms with van der Waals surface area (Å²) in [5.74, 6) is -0.210. The number of carbonyl (C=O) groups is 1. The molecule has 0 radical (unpaired) electrons. The van der Waals surface area contributed by atoms with Crippen molar-refractivity contribution in [3.8, 4) is 5.75 Å². The van der Waals surface area contributed by atoms with Gasteiger partial charge in [-0.25, -0.2) is 13.1 Å². The van der Waals surface area contributed by atoms with Gasteiger partial charge in [0.2, 0.25) is 10.0 Å². The monoisotopic (exact) mass is 506 g/mol. The first-order valence-corrected chi connectivity index (χ1v) is 12.4. The Hall–Kier alpha value is -2.58. The van der Waals surface area contributed by atoms with E-state index in [1.165, 1.54) is 37.4 Å². The van der Waals surface area contributed by atoms with Crippen LogP contribution in [0.5, 0.6) is 5.75 Å². The van der Waals surface area contributed by atoms with Crippen LogP contribution >= 0.6 is 23.2 Å². The van der Waals surface area contributed by atoms with Gasteiger partial charge in [-0.2, -0.15) is 0 Å². The molecule has 1 amide bonds. The molecule has 0 fully saturated rings. The van der Waals surface area contributed by atoms with Crippen molar-refractivity contribution in [2.75, 3.05) is 12.4 Å². The lowest BCUT2D eigenvalue weighted by molar-refractivity contribution is 0.102. The Morgan fingerprint density at radius 1 is 1.03 bits per heavy atom. The Morgan fingerprint density at radius 3 is 2.42 bits per heavy atom. The molecule has 2 N–H and O–H groups in total. The SMILES string of the molecule is COc1ccc(S(=O)(=O)N[C@@H](C)CCc2ccccc2)cc1NC(=O)c1ccc(Cl)cc1Cl. The first-order valence-electron chi connectivity index (χ1n) is 10.2. The van der Waals surface area contributed by atoms with Crippen molar-refractivity contribution in [1.82, 2.24) is 4.72 Å². The molecule has 9 heteroatoms. The van der Waals surface area contributed by atoms with Crippen molar-refractivity contribution < 1.29 is 17.9 Å². The summed E-state index contributed by atoms with van der Waals surface area (Å²) in [5, 5.41) is 3.24. The largest absolute Gasteiger partial charge is 0.495 e. The topological polar surface area (TPSA) is 84.5 Å². The summed E-state index contributed by atoms with van der Waals surface area (Å²) in [7, 11) is -2.40. The molecule has 0 saturated heterocycles. The number of hydrogen-bond donors (Lipinski definition) is 2. The predicted octanol–water partition coefficient (Wildman–Crippen LogP) is 5.55. The summed E-state index contributed by atoms with van der Waals surface area (Å²) in [6.45, 7) is 1.81. The second-order valence-corrected chi connectivity index (χ2v) is 10.0. The molecule has 33 heavy (non-hydrogen) atoms. The van der Waals surface area contributed by atoms with Crippen molar-refractivity contribution in [3.63, 3.8) is 0 Å². The van der Waals surface area contributed by atoms with Crippen molar-refractivity contribution in [3.05, 3.63) is 87.9 Å². The number of anilines is 1. The zero-order chi connectivity index (χ0) is 24.0. The highest BCUT2D eigenvalue weighted by Crippen LogP contribution is 2.29. The van der Waals surface area contributed by atoms with Crippen LogP contribution in [0.25, 0.3) is 0 Å². The fourth-order valence-corrected chi connectivity index (χ4v) is 5.03. The van der Waals surface area contributed by atoms with Crippen LogP contribution in [-0.4, -0.2) is 27.5 Å². The maximum Gasteiger partial charge on any atom is 0.257 e. The molecular formula is C24H24Cl2N2O4S. The Morgan fingerprint density at radius 2 is 1.76 bits per heavy atom. The van der Waals surface area contributed by atoms with Crippen LogP contribution in [-0.2, 0) is 16.4 Å². The van der Waals surface area contributed by atoms with Gasteiger partial charge >= 0.3 is 0 Å². The first kappa shape index (κ1) is 25.1. The second kappa shape index (κ2) is 11.0. The number of halogens is 2. The van der Waals surface area contributed by atoms with Crippen LogP contribution < -0.4 is 14.8 Å². The maximum absolute atomic E-state index is 13.0. The second-order valence-electron chi connectivity index (χ2n) is 7.49. The summed E-state index contributed by atoms with van der Waals surface area (Å²) >= 11 is 12.0. The van der Waals surface area contributed by atoms with Gasteiger partial charge in [-0.3, -0.25) is 4.79 Å². The highest BCUT2D eigenvalue weighted by Gasteiger charge is 2.21. The maximum atomic E-state index is 13.0. The molecular weight excluding hydrogens is 483 g/mol. The summed E-state index contributed by atoms with van der Waals surface area (Å²) < 4.78 is 33.9. The normalized spacial score (nSPS) is 12.2. The van der Waals surface area contributed by atoms with E-state index < -0.39 is 15.9 Å². The fraction of sp³-hybridized carbons (Fsp3) is 0.208. The minimum absolute atomic E-state index is 0.00682. The number of amides is 1. The van der Waals surface area contributed by atoms with Crippen LogP contribution in [0.2, 0.25) is 10.0 Å². The molecule has 1 atom stereocenters. The number of sulfonamides is 1. The van der Waals surface area contributed by atoms with Gasteiger partial charge in [-0.15, -0.1) is 0 Å². The van der Waals surface area contributed by atoms with E-state index in [2.05, 4.69) is 10.0 Å². The van der Waals surface area contributed by atoms with Crippen molar-refractivity contribution in [2.24, 2.45) is 0 Å². The predicted molar refractivity (Wildman–Crippen MR) is 132 cm³/mol. The number of aryl methyl sites for hydroxylation is 1. The summed E-state index contributed by atoms with van der Waals surface area (Å²) in [5.41, 5.74) is 1.54. The third-order valence-electron chi connectivity index (χ3n) is 4.97. The molecule has 0 spiro atoms. The third kappa shape index (κ3) is 6.71. The van der Waals surface area contributed by atoms with Crippen molar-refractivity contribution in [2.45, 2.75) is 30.7 Å². The number of rotatable bonds is 9. The molecule has 0 unspecified atom stereocenters. The minimum atomic E-state index is -3.83. The zero-order valence-electron chi connectivity index (χ0n) is 18.1. The molecule has 0 saturated carbocycles. The van der Waals surface area contributed by atoms with Crippen LogP contribution in [0.1, 0.15) is 29.3 Å². The zero-order valence-corrected chi connectivity index (χ0v) is 20.5. The highest BCUT2D eigenvalue weighted by atomic mass is 35.5. The van der Waals surface area contributed by atoms with Gasteiger partial charge in [0.15, 0.2) is 0 Å². The Balaban J connectivity index is 1.76. The van der Waals surface area contributed by atoms with Gasteiger partial charge in [0.25, 0.3) is 5.91 Å². The van der Waals surface area contributed by atoms with E-state index in [-0.39, 0.29) is 27.2 Å². The summed E-state index contributed by atoms with van der Waals surface area (Å²) in [6.07, 6.45) is 1.38. The van der Waals surface area contributed by atoms with Crippen LogP contribution in [0, 0.1) is 0 Å². The fourth-order valence-electron chi connectivity index (χ4n) is 3.23. The first-order chi connectivity index (χ1) is 15.7. The summed E-state index contributed by atoms with van der Waals surface area (Å²) in [4.78, 5) is 12.7. The average molecular weight is 507 g/mol. The Labute approximate surface area is 203 Å². The smallest absolute Gasteiger partial charge is 0.257 e. The van der Waals surface area contributed by atoms with Gasteiger partial charge < -0.3 is 10.1 Å². The quantitative estimate of drug-likeness (QED) is 0.398. The van der Waals surface area contributed by atoms with Gasteiger partial charge in [0.1, 0.15) is 5.75 Å². The molecule has 0 aromatic heterocycles. The van der Waals surface area contributed by atoms with Gasteiger partial charge in [-0.05, 0) is 61.7 Å². The third-order valence-corrected chi connectivity index (χ3v) is 7.11. The number of methoxy groups -OCH3 is 1. The van der Waals surface area contributed by atoms with Crippen molar-refractivity contribution >= 4 is 44.8 Å². The lowest BCUT2D eigenvalue weighted by atomic mass is 10.1. The molecule has 0 heterocycles. The van der Waals surface area contributed by atoms with Gasteiger partial charge in [0.05, 0.1) is 28.3 Å². The Bertz CT molecular complexity index is 1230. The van der Waals surface area contributed by atoms with E-state index in [0.29, 0.717) is 17.2 Å². The van der Waals surface area contributed by atoms with Crippen LogP contribution in [0.3, 0.4) is 0 Å². The lowest BCUT2D eigenvalue weighted by Crippen LogP contribution is -2.33.